The van der Waals surface area contributed by atoms with E-state index in [2.05, 4.69) is 130 Å². The zero-order valence-electron chi connectivity index (χ0n) is 22.2. The van der Waals surface area contributed by atoms with Gasteiger partial charge in [-0.05, 0) is 0 Å². The van der Waals surface area contributed by atoms with Crippen molar-refractivity contribution in [3.8, 4) is 22.3 Å². The topological polar surface area (TPSA) is 0 Å². The Morgan fingerprint density at radius 1 is 0.605 bits per heavy atom. The second-order valence-corrected chi connectivity index (χ2v) is 22.3. The monoisotopic (exact) mass is 627 g/mol. The molecule has 0 radical (unpaired) electrons. The summed E-state index contributed by atoms with van der Waals surface area (Å²) < 4.78 is 0. The van der Waals surface area contributed by atoms with Gasteiger partial charge in [0.1, 0.15) is 0 Å². The Balaban J connectivity index is 0.00000168. The van der Waals surface area contributed by atoms with E-state index in [-0.39, 0.29) is 24.8 Å². The van der Waals surface area contributed by atoms with Crippen LogP contribution < -0.4 is 24.8 Å². The first-order valence-electron chi connectivity index (χ1n) is 12.9. The van der Waals surface area contributed by atoms with Gasteiger partial charge in [-0.15, -0.1) is 0 Å². The standard InChI is InChI=1S/C34H31Si.2ClH.Zr/c1-22-21-31-27(25-13-7-5-8-14-25)17-11-19-29(31)33(22)35(4)34-24(3)23(2)32-28(18-12-20-30(32)34)26-15-9-6-10-16-26;;;/h5-21,33-34H,1-4H3;2*1H;/q;;;+2/p-2. The zero-order chi connectivity index (χ0) is 25.0. The maximum Gasteiger partial charge on any atom is -1.00 e. The molecule has 6 rings (SSSR count). The van der Waals surface area contributed by atoms with Crippen LogP contribution in [0.5, 0.6) is 0 Å². The van der Waals surface area contributed by atoms with E-state index in [4.69, 9.17) is 0 Å². The molecule has 0 saturated carbocycles. The molecule has 0 spiro atoms. The second kappa shape index (κ2) is 11.3. The molecule has 2 aliphatic carbocycles. The third-order valence-corrected chi connectivity index (χ3v) is 16.6. The molecule has 3 atom stereocenters. The smallest absolute Gasteiger partial charge is 1.00 e. The zero-order valence-corrected chi connectivity index (χ0v) is 27.2. The third-order valence-electron chi connectivity index (χ3n) is 8.45. The summed E-state index contributed by atoms with van der Waals surface area (Å²) in [6.07, 6.45) is 2.50. The predicted octanol–water partition coefficient (Wildman–Crippen LogP) is 3.32. The second-order valence-electron chi connectivity index (χ2n) is 10.7. The molecule has 0 heterocycles. The number of hydrogen-bond donors (Lipinski definition) is 0. The SMILES string of the molecule is CC1=Cc2c(-c3ccccc3)cccc2C1[Si](C)([Zr+2])C1C(C)=C(C)c2c(-c3ccccc3)cccc21.[Cl-].[Cl-]. The van der Waals surface area contributed by atoms with E-state index in [0.29, 0.717) is 11.1 Å². The summed E-state index contributed by atoms with van der Waals surface area (Å²) >= 11 is 1.73. The predicted molar refractivity (Wildman–Crippen MR) is 153 cm³/mol. The van der Waals surface area contributed by atoms with E-state index in [1.165, 1.54) is 39.0 Å². The Morgan fingerprint density at radius 2 is 1.13 bits per heavy atom. The van der Waals surface area contributed by atoms with Gasteiger partial charge in [0.05, 0.1) is 0 Å². The molecule has 189 valence electrons. The van der Waals surface area contributed by atoms with Crippen LogP contribution in [0.25, 0.3) is 33.9 Å². The van der Waals surface area contributed by atoms with E-state index in [9.17, 15) is 0 Å². The Labute approximate surface area is 254 Å². The van der Waals surface area contributed by atoms with Gasteiger partial charge >= 0.3 is 232 Å². The summed E-state index contributed by atoms with van der Waals surface area (Å²) in [7, 11) is 0. The average Bonchev–Trinajstić information content (AvgIpc) is 3.38. The summed E-state index contributed by atoms with van der Waals surface area (Å²) in [5.41, 5.74) is 17.2. The number of allylic oxidation sites excluding steroid dienone is 3. The van der Waals surface area contributed by atoms with Gasteiger partial charge in [-0.25, -0.2) is 0 Å². The van der Waals surface area contributed by atoms with Crippen molar-refractivity contribution in [3.63, 3.8) is 0 Å². The quantitative estimate of drug-likeness (QED) is 0.304. The van der Waals surface area contributed by atoms with Crippen molar-refractivity contribution in [1.29, 1.82) is 0 Å². The van der Waals surface area contributed by atoms with Crippen LogP contribution in [-0.4, -0.2) is 5.20 Å². The van der Waals surface area contributed by atoms with E-state index in [1.54, 1.807) is 46.2 Å². The van der Waals surface area contributed by atoms with Crippen LogP contribution in [0, 0.1) is 0 Å². The molecular formula is C34H31Cl2SiZr. The summed E-state index contributed by atoms with van der Waals surface area (Å²) in [6.45, 7) is 9.83. The molecule has 0 aromatic heterocycles. The Kier molecular flexibility index (Phi) is 8.61. The van der Waals surface area contributed by atoms with E-state index in [0.717, 1.165) is 0 Å². The summed E-state index contributed by atoms with van der Waals surface area (Å²) in [4.78, 5) is 0. The van der Waals surface area contributed by atoms with Crippen LogP contribution in [-0.2, 0) is 23.9 Å². The van der Waals surface area contributed by atoms with Gasteiger partial charge in [0.25, 0.3) is 0 Å². The summed E-state index contributed by atoms with van der Waals surface area (Å²) in [5, 5.41) is -1.79. The minimum absolute atomic E-state index is 0. The van der Waals surface area contributed by atoms with Crippen LogP contribution in [0.1, 0.15) is 54.1 Å². The fraction of sp³-hybridized carbons (Fsp3) is 0.176. The van der Waals surface area contributed by atoms with Crippen molar-refractivity contribution >= 4 is 16.8 Å². The molecule has 0 fully saturated rings. The van der Waals surface area contributed by atoms with Crippen LogP contribution in [0.3, 0.4) is 0 Å². The molecule has 0 nitrogen and oxygen atoms in total. The molecule has 0 aliphatic heterocycles. The van der Waals surface area contributed by atoms with Crippen molar-refractivity contribution < 1.29 is 48.7 Å². The van der Waals surface area contributed by atoms with Crippen LogP contribution in [0.15, 0.2) is 108 Å². The maximum absolute atomic E-state index is 2.67. The van der Waals surface area contributed by atoms with Gasteiger partial charge in [0.2, 0.25) is 0 Å². The Bertz CT molecular complexity index is 1540. The molecule has 0 N–H and O–H groups in total. The number of fused-ring (bicyclic) bond motifs is 2. The normalized spacial score (nSPS) is 19.1. The fourth-order valence-electron chi connectivity index (χ4n) is 6.89. The van der Waals surface area contributed by atoms with Gasteiger partial charge < -0.3 is 24.8 Å². The van der Waals surface area contributed by atoms with E-state index < -0.39 is 5.20 Å². The van der Waals surface area contributed by atoms with E-state index >= 15 is 0 Å². The van der Waals surface area contributed by atoms with Crippen molar-refractivity contribution in [2.45, 2.75) is 38.4 Å². The van der Waals surface area contributed by atoms with Gasteiger partial charge in [-0.3, -0.25) is 0 Å². The first-order chi connectivity index (χ1) is 17.4. The molecule has 38 heavy (non-hydrogen) atoms. The van der Waals surface area contributed by atoms with Crippen molar-refractivity contribution in [1.82, 2.24) is 0 Å². The van der Waals surface area contributed by atoms with Crippen molar-refractivity contribution in [2.24, 2.45) is 0 Å². The number of hydrogen-bond acceptors (Lipinski definition) is 0. The molecule has 3 unspecified atom stereocenters. The fourth-order valence-corrected chi connectivity index (χ4v) is 16.7. The van der Waals surface area contributed by atoms with Gasteiger partial charge in [-0.2, -0.15) is 0 Å². The average molecular weight is 630 g/mol. The molecule has 4 heteroatoms. The van der Waals surface area contributed by atoms with Gasteiger partial charge in [-0.1, -0.05) is 0 Å². The number of halogens is 2. The molecule has 2 aliphatic rings. The van der Waals surface area contributed by atoms with E-state index in [1.807, 2.05) is 0 Å². The minimum Gasteiger partial charge on any atom is -1.00 e. The van der Waals surface area contributed by atoms with Gasteiger partial charge in [0.15, 0.2) is 0 Å². The third kappa shape index (κ3) is 4.58. The summed E-state index contributed by atoms with van der Waals surface area (Å²) in [5.74, 6) is 0. The Hall–Kier alpha value is -1.96. The molecule has 0 amide bonds. The Morgan fingerprint density at radius 3 is 1.74 bits per heavy atom. The maximum atomic E-state index is 2.67. The molecule has 4 aromatic rings. The summed E-state index contributed by atoms with van der Waals surface area (Å²) in [6, 6.07) is 35.9. The molecule has 0 bridgehead atoms. The van der Waals surface area contributed by atoms with Gasteiger partial charge in [0, 0.05) is 0 Å². The number of rotatable bonds is 4. The molecule has 0 saturated heterocycles. The first-order valence-corrected chi connectivity index (χ1v) is 19.2. The number of benzene rings is 4. The van der Waals surface area contributed by atoms with Crippen molar-refractivity contribution in [2.75, 3.05) is 0 Å². The molecule has 4 aromatic carbocycles. The molecular weight excluding hydrogens is 599 g/mol. The van der Waals surface area contributed by atoms with Crippen LogP contribution in [0.2, 0.25) is 6.55 Å². The van der Waals surface area contributed by atoms with Crippen LogP contribution in [0.4, 0.5) is 0 Å². The largest absolute Gasteiger partial charge is 1.00 e. The van der Waals surface area contributed by atoms with Crippen molar-refractivity contribution in [3.05, 3.63) is 130 Å². The first kappa shape index (κ1) is 29.0. The minimum atomic E-state index is -1.79. The van der Waals surface area contributed by atoms with Crippen LogP contribution >= 0.6 is 0 Å².